The third kappa shape index (κ3) is 3.10. The fourth-order valence-electron chi connectivity index (χ4n) is 1.90. The Kier molecular flexibility index (Phi) is 4.24. The summed E-state index contributed by atoms with van der Waals surface area (Å²) in [6.07, 6.45) is 1.07. The van der Waals surface area contributed by atoms with Crippen LogP contribution in [0.1, 0.15) is 0 Å². The monoisotopic (exact) mass is 342 g/mol. The van der Waals surface area contributed by atoms with Crippen LogP contribution in [0.25, 0.3) is 20.7 Å². The first kappa shape index (κ1) is 14.5. The molecule has 0 aliphatic rings. The number of halogens is 3. The molecule has 0 saturated heterocycles. The third-order valence-electron chi connectivity index (χ3n) is 2.78. The molecule has 0 bridgehead atoms. The Bertz CT molecular complexity index is 794. The Morgan fingerprint density at radius 2 is 2.14 bits per heavy atom. The number of alkyl halides is 1. The number of benzene rings is 1. The fourth-order valence-corrected chi connectivity index (χ4v) is 3.15. The van der Waals surface area contributed by atoms with E-state index in [4.69, 9.17) is 27.9 Å². The summed E-state index contributed by atoms with van der Waals surface area (Å²) in [6.45, 7) is 0.445. The van der Waals surface area contributed by atoms with Crippen molar-refractivity contribution in [2.24, 2.45) is 0 Å². The van der Waals surface area contributed by atoms with Crippen LogP contribution in [0.3, 0.4) is 0 Å². The summed E-state index contributed by atoms with van der Waals surface area (Å²) in [5.41, 5.74) is 0.208. The summed E-state index contributed by atoms with van der Waals surface area (Å²) in [5.74, 6) is 0.663. The van der Waals surface area contributed by atoms with E-state index < -0.39 is 5.82 Å². The summed E-state index contributed by atoms with van der Waals surface area (Å²) in [4.78, 5) is 8.27. The molecule has 0 unspecified atom stereocenters. The van der Waals surface area contributed by atoms with Crippen molar-refractivity contribution in [3.8, 4) is 16.3 Å². The van der Waals surface area contributed by atoms with Crippen molar-refractivity contribution in [2.75, 3.05) is 12.5 Å². The van der Waals surface area contributed by atoms with Crippen molar-refractivity contribution in [3.63, 3.8) is 0 Å². The highest BCUT2D eigenvalue weighted by Crippen LogP contribution is 2.35. The Morgan fingerprint density at radius 3 is 2.95 bits per heavy atom. The molecule has 2 aromatic heterocycles. The van der Waals surface area contributed by atoms with E-state index in [0.29, 0.717) is 17.4 Å². The van der Waals surface area contributed by atoms with Gasteiger partial charge >= 0.3 is 0 Å². The summed E-state index contributed by atoms with van der Waals surface area (Å²) in [5, 5.41) is 0.978. The summed E-state index contributed by atoms with van der Waals surface area (Å²) < 4.78 is 20.3. The second-order valence-electron chi connectivity index (χ2n) is 4.18. The van der Waals surface area contributed by atoms with Crippen LogP contribution < -0.4 is 4.74 Å². The van der Waals surface area contributed by atoms with Gasteiger partial charge in [0, 0.05) is 4.70 Å². The van der Waals surface area contributed by atoms with Gasteiger partial charge in [-0.15, -0.1) is 22.9 Å². The molecule has 7 heteroatoms. The molecule has 0 N–H and O–H groups in total. The highest BCUT2D eigenvalue weighted by Gasteiger charge is 2.12. The van der Waals surface area contributed by atoms with E-state index in [1.165, 1.54) is 11.3 Å². The quantitative estimate of drug-likeness (QED) is 0.506. The van der Waals surface area contributed by atoms with E-state index in [9.17, 15) is 4.39 Å². The number of ether oxygens (including phenoxy) is 1. The first-order valence-corrected chi connectivity index (χ1v) is 7.81. The number of aromatic nitrogens is 2. The molecule has 3 nitrogen and oxygen atoms in total. The lowest BCUT2D eigenvalue weighted by molar-refractivity contribution is 0.343. The lowest BCUT2D eigenvalue weighted by Gasteiger charge is -2.02. The highest BCUT2D eigenvalue weighted by atomic mass is 35.5. The molecule has 2 heterocycles. The second kappa shape index (κ2) is 6.13. The predicted octanol–water partition coefficient (Wildman–Crippen LogP) is 4.77. The Morgan fingerprint density at radius 1 is 1.29 bits per heavy atom. The van der Waals surface area contributed by atoms with Gasteiger partial charge in [-0.25, -0.2) is 14.4 Å². The van der Waals surface area contributed by atoms with Crippen molar-refractivity contribution < 1.29 is 9.13 Å². The van der Waals surface area contributed by atoms with Crippen LogP contribution in [-0.2, 0) is 0 Å². The van der Waals surface area contributed by atoms with Crippen molar-refractivity contribution in [1.82, 2.24) is 9.97 Å². The average Bonchev–Trinajstić information content (AvgIpc) is 2.90. The smallest absolute Gasteiger partial charge is 0.223 e. The fraction of sp³-hybridized carbons (Fsp3) is 0.143. The van der Waals surface area contributed by atoms with Gasteiger partial charge in [0.15, 0.2) is 5.82 Å². The van der Waals surface area contributed by atoms with E-state index in [-0.39, 0.29) is 11.0 Å². The summed E-state index contributed by atoms with van der Waals surface area (Å²) in [6, 6.07) is 7.53. The van der Waals surface area contributed by atoms with Gasteiger partial charge in [0.05, 0.1) is 17.0 Å². The molecule has 3 aromatic rings. The molecular formula is C14H9Cl2FN2OS. The number of rotatable bonds is 4. The lowest BCUT2D eigenvalue weighted by Crippen LogP contribution is -1.97. The average molecular weight is 343 g/mol. The second-order valence-corrected chi connectivity index (χ2v) is 5.98. The molecule has 21 heavy (non-hydrogen) atoms. The van der Waals surface area contributed by atoms with Gasteiger partial charge in [-0.3, -0.25) is 0 Å². The van der Waals surface area contributed by atoms with Crippen molar-refractivity contribution in [1.29, 1.82) is 0 Å². The third-order valence-corrected chi connectivity index (χ3v) is 4.24. The minimum atomic E-state index is -0.496. The molecule has 3 rings (SSSR count). The van der Waals surface area contributed by atoms with E-state index in [1.54, 1.807) is 0 Å². The highest BCUT2D eigenvalue weighted by molar-refractivity contribution is 7.22. The van der Waals surface area contributed by atoms with E-state index in [2.05, 4.69) is 9.97 Å². The zero-order valence-electron chi connectivity index (χ0n) is 10.6. The first-order valence-electron chi connectivity index (χ1n) is 6.08. The maximum Gasteiger partial charge on any atom is 0.223 e. The van der Waals surface area contributed by atoms with Crippen molar-refractivity contribution >= 4 is 44.6 Å². The maximum atomic E-state index is 13.8. The molecule has 108 valence electrons. The van der Waals surface area contributed by atoms with Crippen LogP contribution >= 0.6 is 34.5 Å². The van der Waals surface area contributed by atoms with Crippen molar-refractivity contribution in [2.45, 2.75) is 0 Å². The standard InChI is InChI=1S/C14H9Cl2FN2OS/c15-3-4-20-9-1-2-11-8(5-9)6-12(21-11)13-10(17)7-18-14(16)19-13/h1-2,5-7H,3-4H2. The molecule has 0 aliphatic carbocycles. The van der Waals surface area contributed by atoms with Gasteiger partial charge in [-0.1, -0.05) is 0 Å². The topological polar surface area (TPSA) is 35.0 Å². The molecule has 0 amide bonds. The van der Waals surface area contributed by atoms with Gasteiger partial charge in [-0.05, 0) is 41.3 Å². The van der Waals surface area contributed by atoms with Gasteiger partial charge in [0.1, 0.15) is 18.1 Å². The number of hydrogen-bond acceptors (Lipinski definition) is 4. The van der Waals surface area contributed by atoms with Gasteiger partial charge < -0.3 is 4.74 Å². The van der Waals surface area contributed by atoms with E-state index in [0.717, 1.165) is 22.0 Å². The molecule has 0 atom stereocenters. The van der Waals surface area contributed by atoms with E-state index >= 15 is 0 Å². The van der Waals surface area contributed by atoms with Gasteiger partial charge in [0.25, 0.3) is 0 Å². The zero-order valence-corrected chi connectivity index (χ0v) is 13.0. The summed E-state index contributed by atoms with van der Waals surface area (Å²) in [7, 11) is 0. The minimum Gasteiger partial charge on any atom is -0.492 e. The predicted molar refractivity (Wildman–Crippen MR) is 84.0 cm³/mol. The Hall–Kier alpha value is -1.43. The maximum absolute atomic E-state index is 13.8. The first-order chi connectivity index (χ1) is 10.2. The number of hydrogen-bond donors (Lipinski definition) is 0. The Labute approximate surface area is 134 Å². The normalized spacial score (nSPS) is 11.0. The van der Waals surface area contributed by atoms with Crippen LogP contribution in [-0.4, -0.2) is 22.5 Å². The molecule has 1 aromatic carbocycles. The minimum absolute atomic E-state index is 0.0231. The molecule has 0 spiro atoms. The number of nitrogens with zero attached hydrogens (tertiary/aromatic N) is 2. The number of fused-ring (bicyclic) bond motifs is 1. The van der Waals surface area contributed by atoms with Crippen LogP contribution in [0.4, 0.5) is 4.39 Å². The molecule has 0 radical (unpaired) electrons. The molecule has 0 saturated carbocycles. The van der Waals surface area contributed by atoms with E-state index in [1.807, 2.05) is 24.3 Å². The lowest BCUT2D eigenvalue weighted by atomic mass is 10.2. The van der Waals surface area contributed by atoms with Crippen LogP contribution in [0.5, 0.6) is 5.75 Å². The molecule has 0 fully saturated rings. The van der Waals surface area contributed by atoms with Crippen molar-refractivity contribution in [3.05, 3.63) is 41.6 Å². The van der Waals surface area contributed by atoms with Crippen LogP contribution in [0.2, 0.25) is 5.28 Å². The Balaban J connectivity index is 2.02. The molecular weight excluding hydrogens is 334 g/mol. The van der Waals surface area contributed by atoms with Gasteiger partial charge in [-0.2, -0.15) is 0 Å². The zero-order chi connectivity index (χ0) is 14.8. The van der Waals surface area contributed by atoms with Gasteiger partial charge in [0.2, 0.25) is 5.28 Å². The van der Waals surface area contributed by atoms with Crippen LogP contribution in [0, 0.1) is 5.82 Å². The number of thiophene rings is 1. The summed E-state index contributed by atoms with van der Waals surface area (Å²) >= 11 is 12.8. The van der Waals surface area contributed by atoms with Crippen LogP contribution in [0.15, 0.2) is 30.5 Å². The molecule has 0 aliphatic heterocycles. The largest absolute Gasteiger partial charge is 0.492 e. The SMILES string of the molecule is Fc1cnc(Cl)nc1-c1cc2cc(OCCCl)ccc2s1.